The van der Waals surface area contributed by atoms with Crippen LogP contribution in [-0.2, 0) is 41.6 Å². The third kappa shape index (κ3) is 9.55. The molecule has 0 fully saturated rings. The van der Waals surface area contributed by atoms with Crippen LogP contribution in [-0.4, -0.2) is 74.9 Å². The molecule has 0 aliphatic heterocycles. The minimum absolute atomic E-state index is 0.0515. The molecule has 1 aromatic heterocycles. The van der Waals surface area contributed by atoms with E-state index in [1.165, 1.54) is 24.3 Å². The number of carboxylic acid groups (broad SMARTS) is 1. The van der Waals surface area contributed by atoms with Gasteiger partial charge in [0, 0.05) is 29.9 Å². The number of hydrogen-bond acceptors (Lipinski definition) is 8. The highest BCUT2D eigenvalue weighted by atomic mass is 16.4. The van der Waals surface area contributed by atoms with Crippen LogP contribution in [0.3, 0.4) is 0 Å². The highest BCUT2D eigenvalue weighted by Crippen LogP contribution is 2.19. The number of carboxylic acids is 1. The summed E-state index contributed by atoms with van der Waals surface area (Å²) in [7, 11) is 0. The van der Waals surface area contributed by atoms with E-state index in [1.807, 2.05) is 24.3 Å². The monoisotopic (exact) mass is 609 g/mol. The molecule has 15 heteroatoms. The lowest BCUT2D eigenvalue weighted by molar-refractivity contribution is -0.143. The van der Waals surface area contributed by atoms with Crippen molar-refractivity contribution in [3.8, 4) is 5.75 Å². The van der Waals surface area contributed by atoms with Crippen molar-refractivity contribution in [2.75, 3.05) is 0 Å². The molecule has 1 heterocycles. The number of aromatic hydroxyl groups is 1. The van der Waals surface area contributed by atoms with Crippen LogP contribution in [0.2, 0.25) is 0 Å². The van der Waals surface area contributed by atoms with Crippen molar-refractivity contribution >= 4 is 46.4 Å². The average Bonchev–Trinajstić information content (AvgIpc) is 3.37. The largest absolute Gasteiger partial charge is 0.508 e. The van der Waals surface area contributed by atoms with Crippen LogP contribution in [0.15, 0.2) is 54.7 Å². The second-order valence-electron chi connectivity index (χ2n) is 10.2. The summed E-state index contributed by atoms with van der Waals surface area (Å²) in [6.45, 7) is 0. The molecular weight excluding hydrogens is 574 g/mol. The van der Waals surface area contributed by atoms with E-state index >= 15 is 0 Å². The number of phenolic OH excluding ortho intramolecular Hbond substituents is 1. The summed E-state index contributed by atoms with van der Waals surface area (Å²) in [5, 5.41) is 27.1. The maximum atomic E-state index is 13.4. The van der Waals surface area contributed by atoms with Gasteiger partial charge in [-0.2, -0.15) is 0 Å². The van der Waals surface area contributed by atoms with Crippen LogP contribution in [0.4, 0.5) is 0 Å². The Morgan fingerprint density at radius 1 is 0.773 bits per heavy atom. The third-order valence-electron chi connectivity index (χ3n) is 6.79. The molecule has 4 unspecified atom stereocenters. The van der Waals surface area contributed by atoms with Crippen molar-refractivity contribution in [1.82, 2.24) is 20.9 Å². The van der Waals surface area contributed by atoms with Crippen LogP contribution in [0.5, 0.6) is 5.75 Å². The number of aromatic amines is 1. The van der Waals surface area contributed by atoms with E-state index < -0.39 is 66.1 Å². The Morgan fingerprint density at radius 3 is 2.02 bits per heavy atom. The zero-order valence-electron chi connectivity index (χ0n) is 23.6. The lowest BCUT2D eigenvalue weighted by Crippen LogP contribution is -2.58. The van der Waals surface area contributed by atoms with Gasteiger partial charge in [-0.25, -0.2) is 4.79 Å². The zero-order valence-corrected chi connectivity index (χ0v) is 23.6. The number of H-pyrrole nitrogens is 1. The molecule has 4 atom stereocenters. The molecule has 0 saturated carbocycles. The SMILES string of the molecule is NC(=O)CCC(NC(=O)C(N)Cc1c[nH]c2ccccc12)C(=O)NC(Cc1ccc(O)cc1)C(=O)NC(CC(N)=O)C(=O)O. The molecule has 44 heavy (non-hydrogen) atoms. The first-order valence-corrected chi connectivity index (χ1v) is 13.6. The molecule has 234 valence electrons. The van der Waals surface area contributed by atoms with Crippen LogP contribution < -0.4 is 33.2 Å². The molecular formula is C29H35N7O8. The number of para-hydroxylation sites is 1. The van der Waals surface area contributed by atoms with Gasteiger partial charge >= 0.3 is 5.97 Å². The Kier molecular flexibility index (Phi) is 11.4. The molecule has 12 N–H and O–H groups in total. The van der Waals surface area contributed by atoms with E-state index in [9.17, 15) is 39.0 Å². The molecule has 2 aromatic carbocycles. The van der Waals surface area contributed by atoms with Crippen LogP contribution >= 0.6 is 0 Å². The van der Waals surface area contributed by atoms with Gasteiger partial charge in [0.05, 0.1) is 12.5 Å². The highest BCUT2D eigenvalue weighted by molar-refractivity contribution is 5.95. The normalized spacial score (nSPS) is 13.7. The topological polar surface area (TPSA) is 273 Å². The number of primary amides is 2. The first kappa shape index (κ1) is 33.1. The standard InChI is InChI=1S/C29H35N7O8/c30-19(12-16-14-33-20-4-2-1-3-18(16)20)26(40)34-21(9-10-24(31)38)27(41)35-22(11-15-5-7-17(37)8-6-15)28(42)36-23(29(43)44)13-25(32)39/h1-8,14,19,21-23,33,37H,9-13,30H2,(H2,31,38)(H2,32,39)(H,34,40)(H,35,41)(H,36,42)(H,43,44). The number of nitrogens with one attached hydrogen (secondary N) is 4. The fraction of sp³-hybridized carbons (Fsp3) is 0.310. The predicted octanol–water partition coefficient (Wildman–Crippen LogP) is -1.33. The van der Waals surface area contributed by atoms with E-state index in [2.05, 4.69) is 20.9 Å². The number of benzene rings is 2. The van der Waals surface area contributed by atoms with Crippen molar-refractivity contribution in [2.45, 2.75) is 56.3 Å². The van der Waals surface area contributed by atoms with Crippen LogP contribution in [0.1, 0.15) is 30.4 Å². The summed E-state index contributed by atoms with van der Waals surface area (Å²) < 4.78 is 0. The first-order chi connectivity index (χ1) is 20.8. The van der Waals surface area contributed by atoms with Crippen molar-refractivity contribution in [1.29, 1.82) is 0 Å². The summed E-state index contributed by atoms with van der Waals surface area (Å²) >= 11 is 0. The van der Waals surface area contributed by atoms with Gasteiger partial charge in [0.15, 0.2) is 0 Å². The van der Waals surface area contributed by atoms with E-state index in [0.29, 0.717) is 5.56 Å². The number of fused-ring (bicyclic) bond motifs is 1. The van der Waals surface area contributed by atoms with Gasteiger partial charge in [-0.1, -0.05) is 30.3 Å². The number of carbonyl (C=O) groups excluding carboxylic acids is 5. The number of phenols is 1. The highest BCUT2D eigenvalue weighted by Gasteiger charge is 2.31. The van der Waals surface area contributed by atoms with Gasteiger partial charge < -0.3 is 48.3 Å². The average molecular weight is 610 g/mol. The van der Waals surface area contributed by atoms with Gasteiger partial charge in [0.1, 0.15) is 23.9 Å². The van der Waals surface area contributed by atoms with Gasteiger partial charge in [0.2, 0.25) is 29.5 Å². The van der Waals surface area contributed by atoms with Crippen LogP contribution in [0.25, 0.3) is 10.9 Å². The summed E-state index contributed by atoms with van der Waals surface area (Å²) in [4.78, 5) is 77.2. The fourth-order valence-electron chi connectivity index (χ4n) is 4.49. The Hall–Kier alpha value is -5.44. The summed E-state index contributed by atoms with van der Waals surface area (Å²) in [5.41, 5.74) is 18.6. The van der Waals surface area contributed by atoms with Crippen molar-refractivity contribution in [3.63, 3.8) is 0 Å². The molecule has 0 bridgehead atoms. The number of hydrogen-bond donors (Lipinski definition) is 9. The Morgan fingerprint density at radius 2 is 1.39 bits per heavy atom. The molecule has 0 aliphatic rings. The lowest BCUT2D eigenvalue weighted by atomic mass is 10.0. The molecule has 0 radical (unpaired) electrons. The smallest absolute Gasteiger partial charge is 0.326 e. The molecule has 0 saturated heterocycles. The maximum absolute atomic E-state index is 13.4. The van der Waals surface area contributed by atoms with E-state index in [4.69, 9.17) is 17.2 Å². The molecule has 0 aliphatic carbocycles. The van der Waals surface area contributed by atoms with Crippen LogP contribution in [0, 0.1) is 0 Å². The number of nitrogens with two attached hydrogens (primary N) is 3. The van der Waals surface area contributed by atoms with E-state index in [-0.39, 0.29) is 31.4 Å². The van der Waals surface area contributed by atoms with E-state index in [0.717, 1.165) is 16.5 Å². The Balaban J connectivity index is 1.79. The number of aromatic nitrogens is 1. The first-order valence-electron chi connectivity index (χ1n) is 13.6. The number of rotatable bonds is 16. The number of amides is 5. The van der Waals surface area contributed by atoms with Crippen molar-refractivity contribution in [3.05, 3.63) is 65.9 Å². The Labute approximate surface area is 251 Å². The fourth-order valence-corrected chi connectivity index (χ4v) is 4.49. The summed E-state index contributed by atoms with van der Waals surface area (Å²) in [6.07, 6.45) is 0.473. The lowest BCUT2D eigenvalue weighted by Gasteiger charge is -2.25. The molecule has 3 rings (SSSR count). The summed E-state index contributed by atoms with van der Waals surface area (Å²) in [5.74, 6) is -5.83. The minimum atomic E-state index is -1.67. The van der Waals surface area contributed by atoms with Gasteiger partial charge in [-0.05, 0) is 42.2 Å². The molecule has 3 aromatic rings. The number of carbonyl (C=O) groups is 6. The van der Waals surface area contributed by atoms with E-state index in [1.54, 1.807) is 6.20 Å². The quantitative estimate of drug-likeness (QED) is 0.0929. The summed E-state index contributed by atoms with van der Waals surface area (Å²) in [6, 6.07) is 7.58. The van der Waals surface area contributed by atoms with Gasteiger partial charge in [-0.15, -0.1) is 0 Å². The third-order valence-corrected chi connectivity index (χ3v) is 6.79. The second kappa shape index (κ2) is 15.2. The molecule has 5 amide bonds. The van der Waals surface area contributed by atoms with Gasteiger partial charge in [0.25, 0.3) is 0 Å². The predicted molar refractivity (Wildman–Crippen MR) is 157 cm³/mol. The van der Waals surface area contributed by atoms with Gasteiger partial charge in [-0.3, -0.25) is 24.0 Å². The van der Waals surface area contributed by atoms with Crippen molar-refractivity contribution < 1.29 is 39.0 Å². The van der Waals surface area contributed by atoms with Crippen molar-refractivity contribution in [2.24, 2.45) is 17.2 Å². The molecule has 0 spiro atoms. The second-order valence-corrected chi connectivity index (χ2v) is 10.2. The zero-order chi connectivity index (χ0) is 32.4. The minimum Gasteiger partial charge on any atom is -0.508 e. The molecule has 15 nitrogen and oxygen atoms in total. The number of aliphatic carboxylic acids is 1. The maximum Gasteiger partial charge on any atom is 0.326 e. The Bertz CT molecular complexity index is 1520.